The molecule has 0 N–H and O–H groups in total. The van der Waals surface area contributed by atoms with Crippen molar-refractivity contribution in [3.8, 4) is 18.1 Å². The van der Waals surface area contributed by atoms with Gasteiger partial charge in [0.05, 0.1) is 24.9 Å². The Bertz CT molecular complexity index is 613. The summed E-state index contributed by atoms with van der Waals surface area (Å²) in [7, 11) is 1.56. The maximum Gasteiger partial charge on any atom is 0.257 e. The Kier molecular flexibility index (Phi) is 4.08. The molecule has 0 unspecified atom stereocenters. The molecule has 1 aliphatic heterocycles. The monoisotopic (exact) mass is 299 g/mol. The molecule has 3 rings (SSSR count). The Morgan fingerprint density at radius 3 is 2.82 bits per heavy atom. The van der Waals surface area contributed by atoms with Crippen LogP contribution in [0.4, 0.5) is 0 Å². The van der Waals surface area contributed by atoms with Crippen molar-refractivity contribution >= 4 is 5.91 Å². The first-order valence-electron chi connectivity index (χ1n) is 7.75. The van der Waals surface area contributed by atoms with E-state index >= 15 is 0 Å². The van der Waals surface area contributed by atoms with Crippen molar-refractivity contribution < 1.29 is 14.3 Å². The van der Waals surface area contributed by atoms with Crippen LogP contribution >= 0.6 is 0 Å². The second-order valence-corrected chi connectivity index (χ2v) is 5.99. The number of hydrogen-bond acceptors (Lipinski definition) is 3. The number of hydrogen-bond donors (Lipinski definition) is 0. The van der Waals surface area contributed by atoms with E-state index in [-0.39, 0.29) is 11.5 Å². The van der Waals surface area contributed by atoms with Crippen LogP contribution in [0.3, 0.4) is 0 Å². The van der Waals surface area contributed by atoms with Gasteiger partial charge in [-0.05, 0) is 43.9 Å². The molecule has 1 aromatic rings. The van der Waals surface area contributed by atoms with Gasteiger partial charge in [-0.25, -0.2) is 0 Å². The molecule has 1 heterocycles. The molecule has 2 fully saturated rings. The van der Waals surface area contributed by atoms with Crippen LogP contribution < -0.4 is 4.74 Å². The molecule has 0 radical (unpaired) electrons. The highest BCUT2D eigenvalue weighted by atomic mass is 16.5. The van der Waals surface area contributed by atoms with Gasteiger partial charge in [0.2, 0.25) is 0 Å². The summed E-state index contributed by atoms with van der Waals surface area (Å²) in [4.78, 5) is 14.6. The zero-order chi connectivity index (χ0) is 15.6. The van der Waals surface area contributed by atoms with Crippen LogP contribution in [0.15, 0.2) is 18.2 Å². The summed E-state index contributed by atoms with van der Waals surface area (Å²) in [5.74, 6) is 3.08. The predicted molar refractivity (Wildman–Crippen MR) is 84.0 cm³/mol. The van der Waals surface area contributed by atoms with Gasteiger partial charge in [-0.2, -0.15) is 0 Å². The fourth-order valence-corrected chi connectivity index (χ4v) is 3.19. The van der Waals surface area contributed by atoms with Crippen LogP contribution in [0.2, 0.25) is 0 Å². The Balaban J connectivity index is 1.77. The summed E-state index contributed by atoms with van der Waals surface area (Å²) in [5.41, 5.74) is 1.30. The third-order valence-corrected chi connectivity index (χ3v) is 4.76. The van der Waals surface area contributed by atoms with E-state index in [0.29, 0.717) is 30.0 Å². The largest absolute Gasteiger partial charge is 0.496 e. The van der Waals surface area contributed by atoms with E-state index in [2.05, 4.69) is 5.92 Å². The Labute approximate surface area is 131 Å². The minimum absolute atomic E-state index is 0.0135. The van der Waals surface area contributed by atoms with Gasteiger partial charge in [-0.15, -0.1) is 6.42 Å². The summed E-state index contributed by atoms with van der Waals surface area (Å²) in [6.45, 7) is 1.97. The number of nitrogens with zero attached hydrogens (tertiary/aromatic N) is 1. The number of carbonyl (C=O) groups excluding carboxylic acids is 1. The van der Waals surface area contributed by atoms with Crippen LogP contribution in [-0.4, -0.2) is 43.2 Å². The average Bonchev–Trinajstić information content (AvgIpc) is 2.76. The number of terminal acetylenes is 1. The van der Waals surface area contributed by atoms with E-state index in [0.717, 1.165) is 25.8 Å². The molecular weight excluding hydrogens is 278 g/mol. The van der Waals surface area contributed by atoms with Crippen LogP contribution in [0.5, 0.6) is 5.75 Å². The second kappa shape index (κ2) is 6.02. The van der Waals surface area contributed by atoms with Crippen molar-refractivity contribution in [1.29, 1.82) is 0 Å². The van der Waals surface area contributed by atoms with E-state index < -0.39 is 0 Å². The normalized spacial score (nSPS) is 19.9. The fourth-order valence-electron chi connectivity index (χ4n) is 3.19. The molecule has 1 saturated heterocycles. The molecule has 1 aromatic carbocycles. The van der Waals surface area contributed by atoms with E-state index in [1.54, 1.807) is 25.3 Å². The van der Waals surface area contributed by atoms with Crippen molar-refractivity contribution in [3.63, 3.8) is 0 Å². The highest BCUT2D eigenvalue weighted by Gasteiger charge is 2.40. The maximum atomic E-state index is 12.8. The van der Waals surface area contributed by atoms with Crippen molar-refractivity contribution in [2.45, 2.75) is 31.3 Å². The minimum Gasteiger partial charge on any atom is -0.496 e. The average molecular weight is 299 g/mol. The van der Waals surface area contributed by atoms with Crippen LogP contribution in [0, 0.1) is 12.3 Å². The third kappa shape index (κ3) is 2.69. The molecule has 4 nitrogen and oxygen atoms in total. The fraction of sp³-hybridized carbons (Fsp3) is 0.500. The van der Waals surface area contributed by atoms with Crippen molar-refractivity contribution in [3.05, 3.63) is 29.3 Å². The first-order chi connectivity index (χ1) is 10.7. The number of rotatable bonds is 2. The number of amides is 1. The SMILES string of the molecule is C#Cc1ccc(C(=O)N2CCOC3(CCC3)CC2)c(OC)c1. The smallest absolute Gasteiger partial charge is 0.257 e. The zero-order valence-electron chi connectivity index (χ0n) is 12.9. The van der Waals surface area contributed by atoms with Gasteiger partial charge in [0.1, 0.15) is 5.75 Å². The van der Waals surface area contributed by atoms with Gasteiger partial charge >= 0.3 is 0 Å². The standard InChI is InChI=1S/C18H21NO3/c1-3-14-5-6-15(16(13-14)21-2)17(20)19-10-9-18(7-4-8-18)22-12-11-19/h1,5-6,13H,4,7-12H2,2H3. The highest BCUT2D eigenvalue weighted by Crippen LogP contribution is 2.39. The summed E-state index contributed by atoms with van der Waals surface area (Å²) < 4.78 is 11.3. The van der Waals surface area contributed by atoms with Gasteiger partial charge < -0.3 is 14.4 Å². The van der Waals surface area contributed by atoms with E-state index in [1.807, 2.05) is 4.90 Å². The molecule has 2 aliphatic rings. The molecule has 0 aromatic heterocycles. The Morgan fingerprint density at radius 1 is 1.36 bits per heavy atom. The molecule has 22 heavy (non-hydrogen) atoms. The molecule has 0 bridgehead atoms. The Morgan fingerprint density at radius 2 is 2.18 bits per heavy atom. The second-order valence-electron chi connectivity index (χ2n) is 5.99. The third-order valence-electron chi connectivity index (χ3n) is 4.76. The first kappa shape index (κ1) is 14.9. The van der Waals surface area contributed by atoms with Crippen LogP contribution in [0.25, 0.3) is 0 Å². The molecule has 116 valence electrons. The van der Waals surface area contributed by atoms with Gasteiger partial charge in [0.25, 0.3) is 5.91 Å². The van der Waals surface area contributed by atoms with E-state index in [9.17, 15) is 4.79 Å². The topological polar surface area (TPSA) is 38.8 Å². The number of ether oxygens (including phenoxy) is 2. The number of methoxy groups -OCH3 is 1. The van der Waals surface area contributed by atoms with Crippen molar-refractivity contribution in [2.24, 2.45) is 0 Å². The van der Waals surface area contributed by atoms with E-state index in [1.165, 1.54) is 6.42 Å². The summed E-state index contributed by atoms with van der Waals surface area (Å²) in [6.07, 6.45) is 9.79. The molecular formula is C18H21NO3. The highest BCUT2D eigenvalue weighted by molar-refractivity contribution is 5.97. The Hall–Kier alpha value is -1.99. The van der Waals surface area contributed by atoms with Crippen molar-refractivity contribution in [2.75, 3.05) is 26.8 Å². The maximum absolute atomic E-state index is 12.8. The van der Waals surface area contributed by atoms with Gasteiger partial charge in [0, 0.05) is 18.7 Å². The molecule has 1 saturated carbocycles. The zero-order valence-corrected chi connectivity index (χ0v) is 12.9. The van der Waals surface area contributed by atoms with Crippen LogP contribution in [-0.2, 0) is 4.74 Å². The first-order valence-corrected chi connectivity index (χ1v) is 7.75. The van der Waals surface area contributed by atoms with E-state index in [4.69, 9.17) is 15.9 Å². The molecule has 0 atom stereocenters. The van der Waals surface area contributed by atoms with Crippen molar-refractivity contribution in [1.82, 2.24) is 4.90 Å². The molecule has 1 aliphatic carbocycles. The predicted octanol–water partition coefficient (Wildman–Crippen LogP) is 2.46. The van der Waals surface area contributed by atoms with Gasteiger partial charge in [-0.3, -0.25) is 4.79 Å². The molecule has 1 spiro atoms. The van der Waals surface area contributed by atoms with Gasteiger partial charge in [0.15, 0.2) is 0 Å². The quantitative estimate of drug-likeness (QED) is 0.788. The number of carbonyl (C=O) groups is 1. The lowest BCUT2D eigenvalue weighted by Gasteiger charge is -2.40. The minimum atomic E-state index is -0.0135. The van der Waals surface area contributed by atoms with Crippen LogP contribution in [0.1, 0.15) is 41.6 Å². The lowest BCUT2D eigenvalue weighted by atomic mass is 9.77. The summed E-state index contributed by atoms with van der Waals surface area (Å²) in [5, 5.41) is 0. The summed E-state index contributed by atoms with van der Waals surface area (Å²) in [6, 6.07) is 5.26. The molecule has 1 amide bonds. The summed E-state index contributed by atoms with van der Waals surface area (Å²) >= 11 is 0. The molecule has 4 heteroatoms. The van der Waals surface area contributed by atoms with Gasteiger partial charge in [-0.1, -0.05) is 5.92 Å². The number of benzene rings is 1. The lowest BCUT2D eigenvalue weighted by Crippen LogP contribution is -2.40. The lowest BCUT2D eigenvalue weighted by molar-refractivity contribution is -0.0929.